The molecule has 3 nitrogen and oxygen atoms in total. The largest absolute Gasteiger partial charge is 0.492 e. The minimum absolute atomic E-state index is 0.141. The number of hydrogen-bond acceptors (Lipinski definition) is 2. The zero-order valence-corrected chi connectivity index (χ0v) is 11.8. The summed E-state index contributed by atoms with van der Waals surface area (Å²) < 4.78 is 5.65. The van der Waals surface area contributed by atoms with Gasteiger partial charge >= 0.3 is 5.97 Å². The third-order valence-electron chi connectivity index (χ3n) is 2.68. The van der Waals surface area contributed by atoms with E-state index in [1.807, 2.05) is 13.8 Å². The lowest BCUT2D eigenvalue weighted by Crippen LogP contribution is -2.08. The Hall–Kier alpha value is -1.22. The van der Waals surface area contributed by atoms with Gasteiger partial charge in [0.15, 0.2) is 0 Å². The highest BCUT2D eigenvalue weighted by Gasteiger charge is 2.19. The van der Waals surface area contributed by atoms with Crippen molar-refractivity contribution in [2.24, 2.45) is 0 Å². The molecule has 100 valence electrons. The molecule has 0 spiro atoms. The quantitative estimate of drug-likeness (QED) is 0.782. The Morgan fingerprint density at radius 3 is 2.61 bits per heavy atom. The Balaban J connectivity index is 3.18. The summed E-state index contributed by atoms with van der Waals surface area (Å²) in [5, 5.41) is 9.64. The predicted octanol–water partition coefficient (Wildman–Crippen LogP) is 4.34. The second kappa shape index (κ2) is 6.64. The molecule has 0 saturated carbocycles. The van der Waals surface area contributed by atoms with Gasteiger partial charge in [0.1, 0.15) is 11.3 Å². The summed E-state index contributed by atoms with van der Waals surface area (Å²) in [7, 11) is 0. The molecule has 0 aliphatic rings. The Labute approximate surface area is 113 Å². The summed E-state index contributed by atoms with van der Waals surface area (Å²) in [5.41, 5.74) is 0.985. The van der Waals surface area contributed by atoms with E-state index >= 15 is 0 Å². The average molecular weight is 271 g/mol. The molecular formula is C14H19ClO3. The molecule has 0 bridgehead atoms. The van der Waals surface area contributed by atoms with Crippen molar-refractivity contribution in [3.8, 4) is 5.75 Å². The molecule has 0 aliphatic heterocycles. The third-order valence-corrected chi connectivity index (χ3v) is 2.90. The Morgan fingerprint density at radius 2 is 2.11 bits per heavy atom. The van der Waals surface area contributed by atoms with Crippen molar-refractivity contribution < 1.29 is 14.6 Å². The first-order chi connectivity index (χ1) is 8.47. The normalized spacial score (nSPS) is 10.7. The van der Waals surface area contributed by atoms with E-state index in [9.17, 15) is 9.90 Å². The Kier molecular flexibility index (Phi) is 5.48. The van der Waals surface area contributed by atoms with E-state index in [1.165, 1.54) is 6.07 Å². The van der Waals surface area contributed by atoms with Gasteiger partial charge in [-0.1, -0.05) is 38.8 Å². The van der Waals surface area contributed by atoms with E-state index in [0.717, 1.165) is 18.4 Å². The second-order valence-electron chi connectivity index (χ2n) is 4.53. The van der Waals surface area contributed by atoms with E-state index in [1.54, 1.807) is 6.07 Å². The first-order valence-electron chi connectivity index (χ1n) is 6.16. The first kappa shape index (κ1) is 14.8. The van der Waals surface area contributed by atoms with Crippen LogP contribution in [0.2, 0.25) is 5.02 Å². The van der Waals surface area contributed by atoms with E-state index < -0.39 is 5.97 Å². The number of carboxylic acid groups (broad SMARTS) is 1. The van der Waals surface area contributed by atoms with Crippen molar-refractivity contribution >= 4 is 17.6 Å². The van der Waals surface area contributed by atoms with Crippen molar-refractivity contribution in [2.45, 2.75) is 39.5 Å². The first-order valence-corrected chi connectivity index (χ1v) is 6.54. The van der Waals surface area contributed by atoms with Crippen LogP contribution in [0.25, 0.3) is 0 Å². The van der Waals surface area contributed by atoms with Crippen molar-refractivity contribution in [1.82, 2.24) is 0 Å². The molecule has 0 radical (unpaired) electrons. The fourth-order valence-corrected chi connectivity index (χ4v) is 1.91. The van der Waals surface area contributed by atoms with Gasteiger partial charge in [0.2, 0.25) is 0 Å². The van der Waals surface area contributed by atoms with Gasteiger partial charge in [-0.25, -0.2) is 4.79 Å². The topological polar surface area (TPSA) is 46.5 Å². The van der Waals surface area contributed by atoms with Crippen LogP contribution >= 0.6 is 11.6 Å². The molecule has 1 rings (SSSR count). The summed E-state index contributed by atoms with van der Waals surface area (Å²) in [4.78, 5) is 11.2. The van der Waals surface area contributed by atoms with E-state index in [0.29, 0.717) is 17.4 Å². The molecule has 18 heavy (non-hydrogen) atoms. The number of rotatable bonds is 6. The number of ether oxygens (including phenoxy) is 1. The number of carboxylic acids is 1. The van der Waals surface area contributed by atoms with E-state index in [4.69, 9.17) is 16.3 Å². The highest BCUT2D eigenvalue weighted by atomic mass is 35.5. The third kappa shape index (κ3) is 3.64. The van der Waals surface area contributed by atoms with Crippen LogP contribution in [-0.4, -0.2) is 17.7 Å². The molecule has 1 aromatic carbocycles. The smallest absolute Gasteiger partial charge is 0.339 e. The maximum Gasteiger partial charge on any atom is 0.339 e. The minimum atomic E-state index is -1.01. The van der Waals surface area contributed by atoms with Gasteiger partial charge in [0.25, 0.3) is 0 Å². The lowest BCUT2D eigenvalue weighted by Gasteiger charge is -2.17. The summed E-state index contributed by atoms with van der Waals surface area (Å²) in [6, 6.07) is 3.22. The van der Waals surface area contributed by atoms with Crippen LogP contribution < -0.4 is 4.74 Å². The lowest BCUT2D eigenvalue weighted by atomic mass is 9.99. The number of benzene rings is 1. The number of hydrogen-bond donors (Lipinski definition) is 1. The lowest BCUT2D eigenvalue weighted by molar-refractivity contribution is 0.0692. The average Bonchev–Trinajstić information content (AvgIpc) is 2.30. The van der Waals surface area contributed by atoms with Gasteiger partial charge < -0.3 is 9.84 Å². The molecular weight excluding hydrogens is 252 g/mol. The van der Waals surface area contributed by atoms with Gasteiger partial charge in [-0.3, -0.25) is 0 Å². The van der Waals surface area contributed by atoms with E-state index in [2.05, 4.69) is 6.92 Å². The molecule has 0 aliphatic carbocycles. The van der Waals surface area contributed by atoms with Gasteiger partial charge in [0, 0.05) is 5.02 Å². The zero-order chi connectivity index (χ0) is 13.7. The Morgan fingerprint density at radius 1 is 1.44 bits per heavy atom. The van der Waals surface area contributed by atoms with Gasteiger partial charge in [0.05, 0.1) is 6.61 Å². The Bertz CT molecular complexity index is 427. The molecule has 1 aromatic rings. The number of aromatic carboxylic acids is 1. The molecule has 0 heterocycles. The van der Waals surface area contributed by atoms with Crippen molar-refractivity contribution in [3.63, 3.8) is 0 Å². The van der Waals surface area contributed by atoms with Crippen LogP contribution in [0.5, 0.6) is 5.75 Å². The SMILES string of the molecule is CCCCOc1c(C(=O)O)cc(Cl)cc1C(C)C. The monoisotopic (exact) mass is 270 g/mol. The predicted molar refractivity (Wildman–Crippen MR) is 72.9 cm³/mol. The van der Waals surface area contributed by atoms with Crippen molar-refractivity contribution in [2.75, 3.05) is 6.61 Å². The van der Waals surface area contributed by atoms with Crippen LogP contribution in [-0.2, 0) is 0 Å². The van der Waals surface area contributed by atoms with Crippen molar-refractivity contribution in [3.05, 3.63) is 28.3 Å². The minimum Gasteiger partial charge on any atom is -0.492 e. The number of halogens is 1. The van der Waals surface area contributed by atoms with Gasteiger partial charge in [-0.2, -0.15) is 0 Å². The molecule has 0 unspecified atom stereocenters. The molecule has 0 saturated heterocycles. The maximum absolute atomic E-state index is 11.2. The summed E-state index contributed by atoms with van der Waals surface area (Å²) >= 11 is 5.95. The number of carbonyl (C=O) groups is 1. The van der Waals surface area contributed by atoms with Crippen LogP contribution in [0.4, 0.5) is 0 Å². The van der Waals surface area contributed by atoms with Crippen LogP contribution in [0.3, 0.4) is 0 Å². The molecule has 4 heteroatoms. The molecule has 0 atom stereocenters. The highest BCUT2D eigenvalue weighted by molar-refractivity contribution is 6.31. The van der Waals surface area contributed by atoms with Gasteiger partial charge in [-0.15, -0.1) is 0 Å². The van der Waals surface area contributed by atoms with Crippen LogP contribution in [0.15, 0.2) is 12.1 Å². The second-order valence-corrected chi connectivity index (χ2v) is 4.97. The maximum atomic E-state index is 11.2. The molecule has 1 N–H and O–H groups in total. The summed E-state index contributed by atoms with van der Waals surface area (Å²) in [6.07, 6.45) is 1.91. The molecule has 0 fully saturated rings. The van der Waals surface area contributed by atoms with Crippen LogP contribution in [0.1, 0.15) is 55.5 Å². The fraction of sp³-hybridized carbons (Fsp3) is 0.500. The molecule has 0 amide bonds. The fourth-order valence-electron chi connectivity index (χ4n) is 1.68. The highest BCUT2D eigenvalue weighted by Crippen LogP contribution is 2.33. The standard InChI is InChI=1S/C14H19ClO3/c1-4-5-6-18-13-11(9(2)3)7-10(15)8-12(13)14(16)17/h7-9H,4-6H2,1-3H3,(H,16,17). The summed E-state index contributed by atoms with van der Waals surface area (Å²) in [5.74, 6) is -0.389. The summed E-state index contributed by atoms with van der Waals surface area (Å²) in [6.45, 7) is 6.57. The number of unbranched alkanes of at least 4 members (excludes halogenated alkanes) is 1. The van der Waals surface area contributed by atoms with Gasteiger partial charge in [-0.05, 0) is 30.0 Å². The van der Waals surface area contributed by atoms with Crippen molar-refractivity contribution in [1.29, 1.82) is 0 Å². The molecule has 0 aromatic heterocycles. The van der Waals surface area contributed by atoms with E-state index in [-0.39, 0.29) is 11.5 Å². The van der Waals surface area contributed by atoms with Crippen LogP contribution in [0, 0.1) is 0 Å². The zero-order valence-electron chi connectivity index (χ0n) is 11.0.